The Labute approximate surface area is 172 Å². The SMILES string of the molecule is CCn1c([C@@H](NC(=O)c2cnc(C(F)F)cn2)C2CC2)nc2cc(C(F)(F)F)ncc21. The molecule has 1 saturated carbocycles. The first-order valence-electron chi connectivity index (χ1n) is 9.53. The summed E-state index contributed by atoms with van der Waals surface area (Å²) in [7, 11) is 0. The number of imidazole rings is 1. The van der Waals surface area contributed by atoms with Crippen molar-refractivity contribution in [1.82, 2.24) is 29.8 Å². The lowest BCUT2D eigenvalue weighted by atomic mass is 10.1. The van der Waals surface area contributed by atoms with Gasteiger partial charge in [0, 0.05) is 6.54 Å². The second-order valence-corrected chi connectivity index (χ2v) is 7.19. The summed E-state index contributed by atoms with van der Waals surface area (Å²) in [6, 6.07) is 0.302. The smallest absolute Gasteiger partial charge is 0.340 e. The van der Waals surface area contributed by atoms with Gasteiger partial charge in [-0.2, -0.15) is 13.2 Å². The maximum absolute atomic E-state index is 13.0. The quantitative estimate of drug-likeness (QED) is 0.584. The summed E-state index contributed by atoms with van der Waals surface area (Å²) in [6.45, 7) is 2.21. The molecule has 12 heteroatoms. The van der Waals surface area contributed by atoms with E-state index in [1.165, 1.54) is 0 Å². The molecule has 0 unspecified atom stereocenters. The summed E-state index contributed by atoms with van der Waals surface area (Å²) in [5.74, 6) is -0.171. The van der Waals surface area contributed by atoms with Gasteiger partial charge in [0.15, 0.2) is 0 Å². The van der Waals surface area contributed by atoms with Crippen LogP contribution in [0.4, 0.5) is 22.0 Å². The van der Waals surface area contributed by atoms with E-state index >= 15 is 0 Å². The van der Waals surface area contributed by atoms with Crippen LogP contribution in [-0.4, -0.2) is 30.4 Å². The van der Waals surface area contributed by atoms with E-state index in [4.69, 9.17) is 0 Å². The molecule has 3 heterocycles. The Balaban J connectivity index is 1.67. The summed E-state index contributed by atoms with van der Waals surface area (Å²) in [4.78, 5) is 27.8. The molecule has 0 radical (unpaired) electrons. The third kappa shape index (κ3) is 4.19. The van der Waals surface area contributed by atoms with Gasteiger partial charge in [0.2, 0.25) is 0 Å². The Hall–Kier alpha value is -3.18. The molecule has 31 heavy (non-hydrogen) atoms. The maximum Gasteiger partial charge on any atom is 0.433 e. The highest BCUT2D eigenvalue weighted by Crippen LogP contribution is 2.42. The van der Waals surface area contributed by atoms with Crippen molar-refractivity contribution in [3.05, 3.63) is 47.6 Å². The molecule has 1 N–H and O–H groups in total. The fraction of sp³-hybridized carbons (Fsp3) is 0.421. The third-order valence-electron chi connectivity index (χ3n) is 5.06. The molecule has 3 aromatic heterocycles. The molecule has 0 spiro atoms. The number of amides is 1. The number of rotatable bonds is 6. The first kappa shape index (κ1) is 21.1. The van der Waals surface area contributed by atoms with Gasteiger partial charge in [-0.15, -0.1) is 0 Å². The first-order valence-corrected chi connectivity index (χ1v) is 9.53. The van der Waals surface area contributed by atoms with Crippen molar-refractivity contribution >= 4 is 16.9 Å². The number of nitrogens with zero attached hydrogens (tertiary/aromatic N) is 5. The van der Waals surface area contributed by atoms with Crippen LogP contribution in [0.5, 0.6) is 0 Å². The zero-order valence-electron chi connectivity index (χ0n) is 16.2. The monoisotopic (exact) mass is 440 g/mol. The first-order chi connectivity index (χ1) is 14.7. The minimum absolute atomic E-state index is 0.0504. The lowest BCUT2D eigenvalue weighted by molar-refractivity contribution is -0.141. The van der Waals surface area contributed by atoms with Crippen molar-refractivity contribution in [3.63, 3.8) is 0 Å². The normalized spacial score (nSPS) is 15.5. The molecule has 4 rings (SSSR count). The number of pyridine rings is 1. The summed E-state index contributed by atoms with van der Waals surface area (Å²) in [5.41, 5.74) is -1.19. The van der Waals surface area contributed by atoms with E-state index in [9.17, 15) is 26.7 Å². The van der Waals surface area contributed by atoms with E-state index in [0.717, 1.165) is 37.5 Å². The highest BCUT2D eigenvalue weighted by Gasteiger charge is 2.38. The van der Waals surface area contributed by atoms with Gasteiger partial charge in [-0.05, 0) is 31.7 Å². The third-order valence-corrected chi connectivity index (χ3v) is 5.06. The Bertz CT molecular complexity index is 1110. The number of carbonyl (C=O) groups is 1. The second kappa shape index (κ2) is 7.82. The van der Waals surface area contributed by atoms with E-state index in [0.29, 0.717) is 17.9 Å². The minimum Gasteiger partial charge on any atom is -0.340 e. The summed E-state index contributed by atoms with van der Waals surface area (Å²) in [6.07, 6.45) is -2.88. The number of aromatic nitrogens is 5. The average molecular weight is 440 g/mol. The number of hydrogen-bond donors (Lipinski definition) is 1. The van der Waals surface area contributed by atoms with Crippen LogP contribution in [0.25, 0.3) is 11.0 Å². The summed E-state index contributed by atoms with van der Waals surface area (Å²) >= 11 is 0. The predicted molar refractivity (Wildman–Crippen MR) is 98.1 cm³/mol. The van der Waals surface area contributed by atoms with Crippen molar-refractivity contribution in [2.45, 2.75) is 45.0 Å². The second-order valence-electron chi connectivity index (χ2n) is 7.19. The van der Waals surface area contributed by atoms with E-state index in [-0.39, 0.29) is 17.1 Å². The largest absolute Gasteiger partial charge is 0.433 e. The number of halogens is 5. The van der Waals surface area contributed by atoms with E-state index < -0.39 is 35.9 Å². The Morgan fingerprint density at radius 1 is 1.19 bits per heavy atom. The summed E-state index contributed by atoms with van der Waals surface area (Å²) in [5, 5.41) is 2.79. The molecule has 1 atom stereocenters. The number of aryl methyl sites for hydroxylation is 1. The van der Waals surface area contributed by atoms with Gasteiger partial charge >= 0.3 is 6.18 Å². The van der Waals surface area contributed by atoms with Gasteiger partial charge < -0.3 is 9.88 Å². The van der Waals surface area contributed by atoms with Crippen LogP contribution < -0.4 is 5.32 Å². The molecule has 0 saturated heterocycles. The van der Waals surface area contributed by atoms with Gasteiger partial charge in [0.1, 0.15) is 22.9 Å². The van der Waals surface area contributed by atoms with Crippen molar-refractivity contribution in [1.29, 1.82) is 0 Å². The number of fused-ring (bicyclic) bond motifs is 1. The molecule has 7 nitrogen and oxygen atoms in total. The lowest BCUT2D eigenvalue weighted by Gasteiger charge is -2.19. The van der Waals surface area contributed by atoms with Crippen molar-refractivity contribution in [2.24, 2.45) is 5.92 Å². The molecule has 164 valence electrons. The molecular weight excluding hydrogens is 423 g/mol. The lowest BCUT2D eigenvalue weighted by Crippen LogP contribution is -2.32. The number of carbonyl (C=O) groups excluding carboxylic acids is 1. The molecule has 1 amide bonds. The fourth-order valence-electron chi connectivity index (χ4n) is 3.37. The highest BCUT2D eigenvalue weighted by atomic mass is 19.4. The Kier molecular flexibility index (Phi) is 5.31. The van der Waals surface area contributed by atoms with Crippen LogP contribution in [0.3, 0.4) is 0 Å². The number of alkyl halides is 5. The van der Waals surface area contributed by atoms with Crippen molar-refractivity contribution in [3.8, 4) is 0 Å². The van der Waals surface area contributed by atoms with Gasteiger partial charge in [-0.1, -0.05) is 0 Å². The maximum atomic E-state index is 13.0. The van der Waals surface area contributed by atoms with Crippen LogP contribution in [0, 0.1) is 5.92 Å². The van der Waals surface area contributed by atoms with Crippen molar-refractivity contribution < 1.29 is 26.7 Å². The fourth-order valence-corrected chi connectivity index (χ4v) is 3.37. The Morgan fingerprint density at radius 2 is 1.94 bits per heavy atom. The molecule has 1 aliphatic rings. The molecule has 1 aliphatic carbocycles. The highest BCUT2D eigenvalue weighted by molar-refractivity contribution is 5.92. The van der Waals surface area contributed by atoms with Gasteiger partial charge in [-0.3, -0.25) is 9.78 Å². The van der Waals surface area contributed by atoms with E-state index in [1.807, 2.05) is 6.92 Å². The van der Waals surface area contributed by atoms with Crippen LogP contribution in [0.15, 0.2) is 24.7 Å². The van der Waals surface area contributed by atoms with Gasteiger partial charge in [0.25, 0.3) is 12.3 Å². The zero-order valence-corrected chi connectivity index (χ0v) is 16.2. The molecule has 0 aromatic carbocycles. The standard InChI is InChI=1S/C19H17F5N6O/c1-2-30-13-8-27-14(19(22,23)24)5-10(13)28-17(30)15(9-3-4-9)29-18(31)12-7-25-11(6-26-12)16(20)21/h5-9,15-16H,2-4H2,1H3,(H,29,31)/t15-/m0/s1. The van der Waals surface area contributed by atoms with E-state index in [2.05, 4.69) is 25.3 Å². The van der Waals surface area contributed by atoms with Gasteiger partial charge in [0.05, 0.1) is 35.7 Å². The topological polar surface area (TPSA) is 85.6 Å². The molecule has 3 aromatic rings. The van der Waals surface area contributed by atoms with Gasteiger partial charge in [-0.25, -0.2) is 23.7 Å². The van der Waals surface area contributed by atoms with Crippen LogP contribution in [0.2, 0.25) is 0 Å². The zero-order chi connectivity index (χ0) is 22.3. The predicted octanol–water partition coefficient (Wildman–Crippen LogP) is 4.08. The Morgan fingerprint density at radius 3 is 2.48 bits per heavy atom. The molecule has 0 aliphatic heterocycles. The van der Waals surface area contributed by atoms with Crippen molar-refractivity contribution in [2.75, 3.05) is 0 Å². The number of nitrogens with one attached hydrogen (secondary N) is 1. The molecular formula is C19H17F5N6O. The van der Waals surface area contributed by atoms with Crippen LogP contribution in [0.1, 0.15) is 59.9 Å². The minimum atomic E-state index is -4.60. The molecule has 0 bridgehead atoms. The van der Waals surface area contributed by atoms with Crippen LogP contribution in [-0.2, 0) is 12.7 Å². The van der Waals surface area contributed by atoms with Crippen LogP contribution >= 0.6 is 0 Å². The van der Waals surface area contributed by atoms with E-state index in [1.54, 1.807) is 4.57 Å². The molecule has 1 fully saturated rings. The number of hydrogen-bond acceptors (Lipinski definition) is 5. The average Bonchev–Trinajstić information content (AvgIpc) is 3.50. The summed E-state index contributed by atoms with van der Waals surface area (Å²) < 4.78 is 66.1.